The van der Waals surface area contributed by atoms with Gasteiger partial charge in [-0.25, -0.2) is 9.97 Å². The fraction of sp³-hybridized carbons (Fsp3) is 0.226. The summed E-state index contributed by atoms with van der Waals surface area (Å²) >= 11 is 0. The molecule has 0 aliphatic carbocycles. The summed E-state index contributed by atoms with van der Waals surface area (Å²) in [5.41, 5.74) is 4.86. The molecule has 1 aliphatic rings. The van der Waals surface area contributed by atoms with Gasteiger partial charge in [0.25, 0.3) is 0 Å². The van der Waals surface area contributed by atoms with Crippen LogP contribution in [0.2, 0.25) is 0 Å². The zero-order valence-corrected chi connectivity index (χ0v) is 21.3. The highest BCUT2D eigenvalue weighted by atomic mass is 16.5. The molecule has 7 nitrogen and oxygen atoms in total. The van der Waals surface area contributed by atoms with Crippen LogP contribution in [-0.4, -0.2) is 52.6 Å². The lowest BCUT2D eigenvalue weighted by atomic mass is 9.97. The second-order valence-electron chi connectivity index (χ2n) is 9.39. The minimum Gasteiger partial charge on any atom is -0.477 e. The average Bonchev–Trinajstić information content (AvgIpc) is 2.97. The normalized spacial score (nSPS) is 14.1. The van der Waals surface area contributed by atoms with E-state index < -0.39 is 0 Å². The van der Waals surface area contributed by atoms with E-state index in [1.54, 1.807) is 0 Å². The molecule has 6 rings (SSSR count). The van der Waals surface area contributed by atoms with Gasteiger partial charge in [0.2, 0.25) is 5.88 Å². The van der Waals surface area contributed by atoms with Gasteiger partial charge in [0.15, 0.2) is 5.65 Å². The van der Waals surface area contributed by atoms with Crippen LogP contribution in [0.1, 0.15) is 18.1 Å². The van der Waals surface area contributed by atoms with E-state index in [1.165, 1.54) is 5.56 Å². The number of hydrogen-bond donors (Lipinski definition) is 0. The number of rotatable bonds is 6. The predicted molar refractivity (Wildman–Crippen MR) is 150 cm³/mol. The van der Waals surface area contributed by atoms with Crippen molar-refractivity contribution in [2.45, 2.75) is 13.5 Å². The molecule has 38 heavy (non-hydrogen) atoms. The highest BCUT2D eigenvalue weighted by molar-refractivity contribution is 6.04. The van der Waals surface area contributed by atoms with Crippen molar-refractivity contribution >= 4 is 27.8 Å². The maximum absolute atomic E-state index is 10.1. The van der Waals surface area contributed by atoms with Gasteiger partial charge in [-0.05, 0) is 30.2 Å². The number of pyridine rings is 3. The van der Waals surface area contributed by atoms with Crippen molar-refractivity contribution in [1.82, 2.24) is 19.9 Å². The number of piperazine rings is 1. The third kappa shape index (κ3) is 4.51. The summed E-state index contributed by atoms with van der Waals surface area (Å²) in [6.07, 6.45) is 1.82. The highest BCUT2D eigenvalue weighted by Gasteiger charge is 2.23. The first-order chi connectivity index (χ1) is 18.7. The molecule has 0 N–H and O–H groups in total. The topological polar surface area (TPSA) is 78.2 Å². The minimum absolute atomic E-state index is 0.317. The maximum Gasteiger partial charge on any atom is 0.234 e. The molecule has 5 aromatic rings. The monoisotopic (exact) mass is 500 g/mol. The van der Waals surface area contributed by atoms with E-state index in [2.05, 4.69) is 57.3 Å². The van der Waals surface area contributed by atoms with Gasteiger partial charge in [-0.2, -0.15) is 10.2 Å². The van der Waals surface area contributed by atoms with Crippen molar-refractivity contribution in [2.75, 3.05) is 37.7 Å². The van der Waals surface area contributed by atoms with Gasteiger partial charge in [0.1, 0.15) is 17.5 Å². The number of ether oxygens (including phenoxy) is 1. The van der Waals surface area contributed by atoms with Gasteiger partial charge in [0.05, 0.1) is 12.1 Å². The second-order valence-corrected chi connectivity index (χ2v) is 9.39. The Morgan fingerprint density at radius 1 is 0.895 bits per heavy atom. The molecule has 3 aromatic heterocycles. The number of aromatic nitrogens is 3. The summed E-state index contributed by atoms with van der Waals surface area (Å²) in [5.74, 6) is 1.24. The largest absolute Gasteiger partial charge is 0.477 e. The molecule has 0 atom stereocenters. The Kier molecular flexibility index (Phi) is 6.55. The van der Waals surface area contributed by atoms with Crippen LogP contribution in [0.4, 0.5) is 5.82 Å². The molecule has 1 fully saturated rings. The van der Waals surface area contributed by atoms with Gasteiger partial charge >= 0.3 is 0 Å². The summed E-state index contributed by atoms with van der Waals surface area (Å²) in [7, 11) is 0. The molecule has 0 unspecified atom stereocenters. The lowest BCUT2D eigenvalue weighted by Gasteiger charge is -2.35. The van der Waals surface area contributed by atoms with Crippen molar-refractivity contribution in [3.63, 3.8) is 0 Å². The average molecular weight is 501 g/mol. The zero-order valence-electron chi connectivity index (χ0n) is 21.3. The lowest BCUT2D eigenvalue weighted by Crippen LogP contribution is -2.46. The van der Waals surface area contributed by atoms with Crippen LogP contribution >= 0.6 is 0 Å². The summed E-state index contributed by atoms with van der Waals surface area (Å²) < 4.78 is 5.78. The Morgan fingerprint density at radius 3 is 2.34 bits per heavy atom. The Bertz CT molecular complexity index is 1620. The number of benzene rings is 2. The SMILES string of the molecule is CCOc1nc2nc3ccnc(N4CCN(Cc5ccccc5)CC4)c3cc2c(-c2ccccc2)c1C#N. The van der Waals surface area contributed by atoms with Crippen LogP contribution in [0.15, 0.2) is 79.0 Å². The van der Waals surface area contributed by atoms with Crippen LogP contribution in [-0.2, 0) is 6.54 Å². The Labute approximate surface area is 222 Å². The van der Waals surface area contributed by atoms with E-state index in [4.69, 9.17) is 14.7 Å². The number of fused-ring (bicyclic) bond motifs is 2. The van der Waals surface area contributed by atoms with Crippen molar-refractivity contribution < 1.29 is 4.74 Å². The van der Waals surface area contributed by atoms with Crippen LogP contribution in [0, 0.1) is 11.3 Å². The van der Waals surface area contributed by atoms with E-state index >= 15 is 0 Å². The molecule has 0 saturated carbocycles. The molecule has 1 aliphatic heterocycles. The lowest BCUT2D eigenvalue weighted by molar-refractivity contribution is 0.249. The molecule has 0 amide bonds. The maximum atomic E-state index is 10.1. The van der Waals surface area contributed by atoms with Crippen LogP contribution in [0.3, 0.4) is 0 Å². The van der Waals surface area contributed by atoms with Crippen LogP contribution < -0.4 is 9.64 Å². The third-order valence-corrected chi connectivity index (χ3v) is 7.02. The summed E-state index contributed by atoms with van der Waals surface area (Å²) in [4.78, 5) is 19.2. The number of hydrogen-bond acceptors (Lipinski definition) is 7. The Hall–Kier alpha value is -4.54. The number of anilines is 1. The smallest absolute Gasteiger partial charge is 0.234 e. The molecule has 4 heterocycles. The first kappa shape index (κ1) is 23.8. The summed E-state index contributed by atoms with van der Waals surface area (Å²) in [6, 6.07) is 26.9. The third-order valence-electron chi connectivity index (χ3n) is 7.02. The molecule has 188 valence electrons. The molecular weight excluding hydrogens is 472 g/mol. The second kappa shape index (κ2) is 10.4. The molecule has 2 aromatic carbocycles. The van der Waals surface area contributed by atoms with Crippen molar-refractivity contribution in [1.29, 1.82) is 5.26 Å². The van der Waals surface area contributed by atoms with Gasteiger partial charge < -0.3 is 9.64 Å². The van der Waals surface area contributed by atoms with Gasteiger partial charge in [-0.3, -0.25) is 4.90 Å². The first-order valence-corrected chi connectivity index (χ1v) is 13.0. The van der Waals surface area contributed by atoms with Crippen molar-refractivity contribution in [3.05, 3.63) is 90.1 Å². The van der Waals surface area contributed by atoms with E-state index in [-0.39, 0.29) is 0 Å². The Morgan fingerprint density at radius 2 is 1.63 bits per heavy atom. The van der Waals surface area contributed by atoms with Crippen molar-refractivity contribution in [3.8, 4) is 23.1 Å². The van der Waals surface area contributed by atoms with Crippen molar-refractivity contribution in [2.24, 2.45) is 0 Å². The van der Waals surface area contributed by atoms with Gasteiger partial charge in [-0.1, -0.05) is 60.7 Å². The molecule has 0 radical (unpaired) electrons. The number of nitrogens with zero attached hydrogens (tertiary/aromatic N) is 6. The summed E-state index contributed by atoms with van der Waals surface area (Å²) in [5, 5.41) is 11.9. The Balaban J connectivity index is 1.42. The van der Waals surface area contributed by atoms with E-state index in [0.29, 0.717) is 23.7 Å². The number of nitriles is 1. The summed E-state index contributed by atoms with van der Waals surface area (Å²) in [6.45, 7) is 6.94. The zero-order chi connectivity index (χ0) is 25.9. The molecule has 7 heteroatoms. The highest BCUT2D eigenvalue weighted by Crippen LogP contribution is 2.38. The standard InChI is InChI=1S/C31H28N6O/c1-2-38-31-26(20-32)28(23-11-7-4-8-12-23)25-19-24-27(34-29(25)35-31)13-14-33-30(24)37-17-15-36(16-18-37)21-22-9-5-3-6-10-22/h3-14,19H,2,15-18,21H2,1H3. The van der Waals surface area contributed by atoms with Gasteiger partial charge in [-0.15, -0.1) is 0 Å². The van der Waals surface area contributed by atoms with Crippen LogP contribution in [0.25, 0.3) is 33.1 Å². The molecule has 0 bridgehead atoms. The fourth-order valence-corrected chi connectivity index (χ4v) is 5.20. The van der Waals surface area contributed by atoms with Crippen LogP contribution in [0.5, 0.6) is 5.88 Å². The van der Waals surface area contributed by atoms with Gasteiger partial charge in [0, 0.05) is 55.3 Å². The quantitative estimate of drug-likeness (QED) is 0.287. The molecule has 0 spiro atoms. The van der Waals surface area contributed by atoms with E-state index in [0.717, 1.165) is 66.0 Å². The predicted octanol–water partition coefficient (Wildman–Crippen LogP) is 5.44. The minimum atomic E-state index is 0.317. The van der Waals surface area contributed by atoms with E-state index in [1.807, 2.05) is 49.5 Å². The molecular formula is C31H28N6O. The molecule has 1 saturated heterocycles. The first-order valence-electron chi connectivity index (χ1n) is 13.0. The fourth-order valence-electron chi connectivity index (χ4n) is 5.20. The van der Waals surface area contributed by atoms with E-state index in [9.17, 15) is 5.26 Å².